The Morgan fingerprint density at radius 1 is 1.21 bits per heavy atom. The summed E-state index contributed by atoms with van der Waals surface area (Å²) < 4.78 is 2.84. The molecule has 0 atom stereocenters. The van der Waals surface area contributed by atoms with Gasteiger partial charge in [-0.3, -0.25) is 0 Å². The van der Waals surface area contributed by atoms with Gasteiger partial charge in [-0.2, -0.15) is 0 Å². The zero-order valence-electron chi connectivity index (χ0n) is 9.41. The van der Waals surface area contributed by atoms with Crippen LogP contribution < -0.4 is 5.32 Å². The summed E-state index contributed by atoms with van der Waals surface area (Å²) in [4.78, 5) is 11.8. The summed E-state index contributed by atoms with van der Waals surface area (Å²) in [6.07, 6.45) is 0. The molecule has 7 heteroatoms. The molecule has 0 amide bonds. The van der Waals surface area contributed by atoms with Gasteiger partial charge in [-0.05, 0) is 50.1 Å². The third kappa shape index (κ3) is 3.81. The van der Waals surface area contributed by atoms with Crippen LogP contribution in [0.15, 0.2) is 37.0 Å². The van der Waals surface area contributed by atoms with Gasteiger partial charge in [0.1, 0.15) is 0 Å². The molecule has 0 fully saturated rings. The molecule has 2 N–H and O–H groups in total. The number of carboxylic acids is 1. The average molecular weight is 470 g/mol. The number of anilines is 1. The number of rotatable bonds is 4. The molecule has 1 aromatic heterocycles. The van der Waals surface area contributed by atoms with Crippen LogP contribution in [0.3, 0.4) is 0 Å². The van der Waals surface area contributed by atoms with Crippen molar-refractivity contribution in [3.05, 3.63) is 47.4 Å². The minimum absolute atomic E-state index is 0.329. The largest absolute Gasteiger partial charge is 0.478 e. The van der Waals surface area contributed by atoms with Gasteiger partial charge < -0.3 is 10.4 Å². The van der Waals surface area contributed by atoms with Crippen molar-refractivity contribution in [2.75, 3.05) is 5.32 Å². The molecule has 3 nitrogen and oxygen atoms in total. The number of hydrogen-bond donors (Lipinski definition) is 2. The fraction of sp³-hybridized carbons (Fsp3) is 0.0833. The van der Waals surface area contributed by atoms with E-state index in [0.29, 0.717) is 12.1 Å². The summed E-state index contributed by atoms with van der Waals surface area (Å²) in [5.41, 5.74) is 1.27. The van der Waals surface area contributed by atoms with Crippen LogP contribution in [0.4, 0.5) is 5.69 Å². The Morgan fingerprint density at radius 3 is 2.37 bits per heavy atom. The van der Waals surface area contributed by atoms with Crippen molar-refractivity contribution in [2.24, 2.45) is 0 Å². The van der Waals surface area contributed by atoms with Crippen LogP contribution in [0, 0.1) is 0 Å². The topological polar surface area (TPSA) is 49.3 Å². The van der Waals surface area contributed by atoms with Crippen molar-refractivity contribution in [1.29, 1.82) is 0 Å². The Labute approximate surface area is 139 Å². The molecule has 2 aromatic rings. The Kier molecular flexibility index (Phi) is 5.05. The molecule has 0 aliphatic carbocycles. The number of carbonyl (C=O) groups is 1. The molecular formula is C12H8Br3NO2S. The fourth-order valence-corrected chi connectivity index (χ4v) is 4.81. The predicted molar refractivity (Wildman–Crippen MR) is 88.1 cm³/mol. The second kappa shape index (κ2) is 6.39. The minimum atomic E-state index is -0.895. The first-order valence-corrected chi connectivity index (χ1v) is 8.42. The highest BCUT2D eigenvalue weighted by Crippen LogP contribution is 2.34. The van der Waals surface area contributed by atoms with E-state index >= 15 is 0 Å². The second-order valence-corrected chi connectivity index (χ2v) is 7.32. The third-order valence-corrected chi connectivity index (χ3v) is 4.99. The van der Waals surface area contributed by atoms with Crippen LogP contribution in [0.2, 0.25) is 0 Å². The average Bonchev–Trinajstić information content (AvgIpc) is 2.76. The maximum atomic E-state index is 10.8. The van der Waals surface area contributed by atoms with Gasteiger partial charge in [0.2, 0.25) is 0 Å². The molecule has 1 heterocycles. The predicted octanol–water partition coefficient (Wildman–Crippen LogP) is 5.35. The van der Waals surface area contributed by atoms with E-state index in [1.807, 2.05) is 12.1 Å². The number of benzene rings is 1. The van der Waals surface area contributed by atoms with Gasteiger partial charge in [0.05, 0.1) is 11.3 Å². The van der Waals surface area contributed by atoms with Gasteiger partial charge in [0.15, 0.2) is 0 Å². The van der Waals surface area contributed by atoms with Crippen LogP contribution in [0.25, 0.3) is 0 Å². The summed E-state index contributed by atoms with van der Waals surface area (Å²) in [6, 6.07) is 5.58. The standard InChI is InChI=1S/C12H8Br3NO2S/c13-7-2-9(14)11(10(15)3-7)16-4-8-1-6(5-19-8)12(17)18/h1-3,5,16H,4H2,(H,17,18). The van der Waals surface area contributed by atoms with Crippen LogP contribution in [0.1, 0.15) is 15.2 Å². The van der Waals surface area contributed by atoms with Crippen LogP contribution >= 0.6 is 59.1 Å². The Balaban J connectivity index is 2.12. The van der Waals surface area contributed by atoms with Crippen molar-refractivity contribution in [2.45, 2.75) is 6.54 Å². The first kappa shape index (κ1) is 15.0. The maximum Gasteiger partial charge on any atom is 0.336 e. The number of aromatic carboxylic acids is 1. The van der Waals surface area contributed by atoms with Crippen molar-refractivity contribution in [3.63, 3.8) is 0 Å². The summed E-state index contributed by atoms with van der Waals surface area (Å²) >= 11 is 11.8. The molecule has 0 bridgehead atoms. The molecule has 2 rings (SSSR count). The zero-order valence-corrected chi connectivity index (χ0v) is 15.0. The summed E-state index contributed by atoms with van der Waals surface area (Å²) in [5.74, 6) is -0.895. The molecule has 0 radical (unpaired) electrons. The highest BCUT2D eigenvalue weighted by atomic mass is 79.9. The molecule has 0 aliphatic rings. The normalized spacial score (nSPS) is 10.5. The molecular weight excluding hydrogens is 462 g/mol. The molecule has 0 saturated heterocycles. The third-order valence-electron chi connectivity index (χ3n) is 2.35. The summed E-state index contributed by atoms with van der Waals surface area (Å²) in [5, 5.41) is 13.8. The molecule has 100 valence electrons. The number of halogens is 3. The highest BCUT2D eigenvalue weighted by Gasteiger charge is 2.09. The van der Waals surface area contributed by atoms with Crippen LogP contribution in [-0.2, 0) is 6.54 Å². The first-order chi connectivity index (χ1) is 8.97. The van der Waals surface area contributed by atoms with Gasteiger partial charge in [-0.25, -0.2) is 4.79 Å². The number of nitrogens with one attached hydrogen (secondary N) is 1. The fourth-order valence-electron chi connectivity index (χ4n) is 1.47. The lowest BCUT2D eigenvalue weighted by molar-refractivity contribution is 0.0697. The monoisotopic (exact) mass is 467 g/mol. The lowest BCUT2D eigenvalue weighted by Crippen LogP contribution is -2.00. The molecule has 1 aromatic carbocycles. The number of carboxylic acid groups (broad SMARTS) is 1. The Morgan fingerprint density at radius 2 is 1.84 bits per heavy atom. The van der Waals surface area contributed by atoms with E-state index in [1.165, 1.54) is 11.3 Å². The number of thiophene rings is 1. The van der Waals surface area contributed by atoms with Crippen LogP contribution in [0.5, 0.6) is 0 Å². The molecule has 0 unspecified atom stereocenters. The van der Waals surface area contributed by atoms with Crippen LogP contribution in [-0.4, -0.2) is 11.1 Å². The second-order valence-electron chi connectivity index (χ2n) is 3.70. The molecule has 0 spiro atoms. The molecule has 0 saturated carbocycles. The van der Waals surface area contributed by atoms with E-state index in [-0.39, 0.29) is 0 Å². The molecule has 0 aliphatic heterocycles. The van der Waals surface area contributed by atoms with E-state index in [9.17, 15) is 4.79 Å². The first-order valence-electron chi connectivity index (χ1n) is 5.16. The summed E-state index contributed by atoms with van der Waals surface area (Å²) in [6.45, 7) is 0.580. The number of hydrogen-bond acceptors (Lipinski definition) is 3. The van der Waals surface area contributed by atoms with Gasteiger partial charge in [-0.15, -0.1) is 11.3 Å². The van der Waals surface area contributed by atoms with E-state index in [4.69, 9.17) is 5.11 Å². The Bertz CT molecular complexity index is 604. The summed E-state index contributed by atoms with van der Waals surface area (Å²) in [7, 11) is 0. The molecule has 19 heavy (non-hydrogen) atoms. The van der Waals surface area contributed by atoms with E-state index in [1.54, 1.807) is 11.4 Å². The van der Waals surface area contributed by atoms with E-state index in [2.05, 4.69) is 53.1 Å². The lowest BCUT2D eigenvalue weighted by atomic mass is 10.3. The van der Waals surface area contributed by atoms with E-state index < -0.39 is 5.97 Å². The highest BCUT2D eigenvalue weighted by molar-refractivity contribution is 9.11. The Hall–Kier alpha value is -0.370. The van der Waals surface area contributed by atoms with Gasteiger partial charge in [0.25, 0.3) is 0 Å². The maximum absolute atomic E-state index is 10.8. The zero-order chi connectivity index (χ0) is 14.0. The van der Waals surface area contributed by atoms with Gasteiger partial charge in [-0.1, -0.05) is 15.9 Å². The van der Waals surface area contributed by atoms with Gasteiger partial charge >= 0.3 is 5.97 Å². The van der Waals surface area contributed by atoms with Crippen molar-refractivity contribution >= 4 is 70.8 Å². The van der Waals surface area contributed by atoms with Gasteiger partial charge in [0, 0.05) is 30.2 Å². The lowest BCUT2D eigenvalue weighted by Gasteiger charge is -2.10. The quantitative estimate of drug-likeness (QED) is 0.635. The van der Waals surface area contributed by atoms with Crippen molar-refractivity contribution in [1.82, 2.24) is 0 Å². The smallest absolute Gasteiger partial charge is 0.336 e. The SMILES string of the molecule is O=C(O)c1csc(CNc2c(Br)cc(Br)cc2Br)c1. The van der Waals surface area contributed by atoms with Crippen molar-refractivity contribution in [3.8, 4) is 0 Å². The van der Waals surface area contributed by atoms with Crippen molar-refractivity contribution < 1.29 is 9.90 Å². The minimum Gasteiger partial charge on any atom is -0.478 e. The van der Waals surface area contributed by atoms with E-state index in [0.717, 1.165) is 24.0 Å².